The fourth-order valence-electron chi connectivity index (χ4n) is 1.77. The van der Waals surface area contributed by atoms with Gasteiger partial charge in [0.25, 0.3) is 0 Å². The summed E-state index contributed by atoms with van der Waals surface area (Å²) in [6.45, 7) is 3.11. The first-order valence-electron chi connectivity index (χ1n) is 5.66. The molecule has 0 unspecified atom stereocenters. The lowest BCUT2D eigenvalue weighted by Crippen LogP contribution is -2.48. The summed E-state index contributed by atoms with van der Waals surface area (Å²) in [6.07, 6.45) is 1.26. The SMILES string of the molecule is CN1CCN(C(=O)Cn2cc(C(=O)O)nn2)CC1. The second kappa shape index (κ2) is 5.13. The number of likely N-dealkylation sites (N-methyl/N-ethyl adjacent to an activating group) is 1. The Kier molecular flexibility index (Phi) is 3.56. The van der Waals surface area contributed by atoms with E-state index in [-0.39, 0.29) is 18.1 Å². The minimum Gasteiger partial charge on any atom is -0.476 e. The molecule has 2 rings (SSSR count). The maximum Gasteiger partial charge on any atom is 0.358 e. The van der Waals surface area contributed by atoms with Crippen molar-refractivity contribution in [1.82, 2.24) is 24.8 Å². The van der Waals surface area contributed by atoms with Gasteiger partial charge < -0.3 is 14.9 Å². The quantitative estimate of drug-likeness (QED) is 0.723. The molecule has 18 heavy (non-hydrogen) atoms. The molecule has 1 fully saturated rings. The van der Waals surface area contributed by atoms with Gasteiger partial charge in [-0.1, -0.05) is 5.21 Å². The third kappa shape index (κ3) is 2.83. The zero-order valence-electron chi connectivity index (χ0n) is 10.1. The van der Waals surface area contributed by atoms with E-state index in [1.165, 1.54) is 10.9 Å². The van der Waals surface area contributed by atoms with E-state index in [0.717, 1.165) is 13.1 Å². The zero-order valence-corrected chi connectivity index (χ0v) is 10.1. The van der Waals surface area contributed by atoms with Crippen LogP contribution in [0.2, 0.25) is 0 Å². The van der Waals surface area contributed by atoms with Crippen molar-refractivity contribution < 1.29 is 14.7 Å². The van der Waals surface area contributed by atoms with Crippen LogP contribution in [0.1, 0.15) is 10.5 Å². The highest BCUT2D eigenvalue weighted by molar-refractivity contribution is 5.84. The van der Waals surface area contributed by atoms with Crippen LogP contribution in [0, 0.1) is 0 Å². The molecular weight excluding hydrogens is 238 g/mol. The van der Waals surface area contributed by atoms with Crippen molar-refractivity contribution in [2.45, 2.75) is 6.54 Å². The average Bonchev–Trinajstić information content (AvgIpc) is 2.78. The van der Waals surface area contributed by atoms with E-state index >= 15 is 0 Å². The van der Waals surface area contributed by atoms with Crippen molar-refractivity contribution in [2.75, 3.05) is 33.2 Å². The Hall–Kier alpha value is -1.96. The second-order valence-electron chi connectivity index (χ2n) is 4.29. The predicted octanol–water partition coefficient (Wildman–Crippen LogP) is -1.25. The van der Waals surface area contributed by atoms with Crippen molar-refractivity contribution in [3.05, 3.63) is 11.9 Å². The molecule has 8 heteroatoms. The molecule has 1 aliphatic rings. The van der Waals surface area contributed by atoms with Crippen molar-refractivity contribution in [3.8, 4) is 0 Å². The average molecular weight is 253 g/mol. The first-order chi connectivity index (χ1) is 8.56. The predicted molar refractivity (Wildman–Crippen MR) is 61.1 cm³/mol. The monoisotopic (exact) mass is 253 g/mol. The molecule has 8 nitrogen and oxygen atoms in total. The Bertz CT molecular complexity index is 450. The molecule has 1 aliphatic heterocycles. The van der Waals surface area contributed by atoms with Crippen LogP contribution < -0.4 is 0 Å². The summed E-state index contributed by atoms with van der Waals surface area (Å²) >= 11 is 0. The molecule has 0 spiro atoms. The summed E-state index contributed by atoms with van der Waals surface area (Å²) in [5, 5.41) is 15.8. The number of amides is 1. The minimum absolute atomic E-state index is 0.0317. The Labute approximate surface area is 104 Å². The van der Waals surface area contributed by atoms with Gasteiger partial charge in [-0.3, -0.25) is 4.79 Å². The van der Waals surface area contributed by atoms with Gasteiger partial charge in [-0.2, -0.15) is 0 Å². The molecule has 1 N–H and O–H groups in total. The molecule has 1 aromatic rings. The number of aromatic nitrogens is 3. The van der Waals surface area contributed by atoms with E-state index in [9.17, 15) is 9.59 Å². The van der Waals surface area contributed by atoms with Crippen molar-refractivity contribution >= 4 is 11.9 Å². The number of hydrogen-bond donors (Lipinski definition) is 1. The summed E-state index contributed by atoms with van der Waals surface area (Å²) in [5.41, 5.74) is -0.152. The number of carboxylic acids is 1. The topological polar surface area (TPSA) is 91.6 Å². The van der Waals surface area contributed by atoms with Gasteiger partial charge in [-0.05, 0) is 7.05 Å². The molecule has 0 saturated carbocycles. The highest BCUT2D eigenvalue weighted by atomic mass is 16.4. The van der Waals surface area contributed by atoms with Crippen molar-refractivity contribution in [3.63, 3.8) is 0 Å². The van der Waals surface area contributed by atoms with E-state index in [1.54, 1.807) is 4.90 Å². The number of piperazine rings is 1. The van der Waals surface area contributed by atoms with Crippen LogP contribution in [0.5, 0.6) is 0 Å². The number of rotatable bonds is 3. The van der Waals surface area contributed by atoms with E-state index in [1.807, 2.05) is 7.05 Å². The Morgan fingerprint density at radius 2 is 2.00 bits per heavy atom. The van der Waals surface area contributed by atoms with Gasteiger partial charge in [0.15, 0.2) is 5.69 Å². The molecule has 0 aliphatic carbocycles. The van der Waals surface area contributed by atoms with Gasteiger partial charge in [0.1, 0.15) is 6.54 Å². The largest absolute Gasteiger partial charge is 0.476 e. The Balaban J connectivity index is 1.92. The number of carbonyl (C=O) groups excluding carboxylic acids is 1. The third-order valence-electron chi connectivity index (χ3n) is 2.91. The fourth-order valence-corrected chi connectivity index (χ4v) is 1.77. The van der Waals surface area contributed by atoms with Gasteiger partial charge in [0.2, 0.25) is 5.91 Å². The lowest BCUT2D eigenvalue weighted by atomic mass is 10.3. The lowest BCUT2D eigenvalue weighted by molar-refractivity contribution is -0.133. The molecule has 0 radical (unpaired) electrons. The van der Waals surface area contributed by atoms with Crippen LogP contribution in [-0.4, -0.2) is 75.0 Å². The third-order valence-corrected chi connectivity index (χ3v) is 2.91. The molecule has 98 valence electrons. The van der Waals surface area contributed by atoms with Crippen molar-refractivity contribution in [2.24, 2.45) is 0 Å². The minimum atomic E-state index is -1.15. The molecular formula is C10H15N5O3. The zero-order chi connectivity index (χ0) is 13.1. The Morgan fingerprint density at radius 1 is 1.33 bits per heavy atom. The Morgan fingerprint density at radius 3 is 2.56 bits per heavy atom. The van der Waals surface area contributed by atoms with Crippen LogP contribution in [0.25, 0.3) is 0 Å². The van der Waals surface area contributed by atoms with Crippen LogP contribution in [-0.2, 0) is 11.3 Å². The highest BCUT2D eigenvalue weighted by Crippen LogP contribution is 2.01. The van der Waals surface area contributed by atoms with Crippen LogP contribution in [0.4, 0.5) is 0 Å². The van der Waals surface area contributed by atoms with Gasteiger partial charge >= 0.3 is 5.97 Å². The number of carbonyl (C=O) groups is 2. The normalized spacial score (nSPS) is 16.8. The lowest BCUT2D eigenvalue weighted by Gasteiger charge is -2.32. The first kappa shape index (κ1) is 12.5. The molecule has 1 saturated heterocycles. The summed E-state index contributed by atoms with van der Waals surface area (Å²) in [6, 6.07) is 0. The number of aromatic carboxylic acids is 1. The maximum atomic E-state index is 11.9. The number of hydrogen-bond acceptors (Lipinski definition) is 5. The first-order valence-corrected chi connectivity index (χ1v) is 5.66. The van der Waals surface area contributed by atoms with Crippen molar-refractivity contribution in [1.29, 1.82) is 0 Å². The van der Waals surface area contributed by atoms with Gasteiger partial charge in [0.05, 0.1) is 6.20 Å². The van der Waals surface area contributed by atoms with E-state index in [4.69, 9.17) is 5.11 Å². The summed E-state index contributed by atoms with van der Waals surface area (Å²) in [5.74, 6) is -1.21. The molecule has 1 aromatic heterocycles. The number of nitrogens with zero attached hydrogens (tertiary/aromatic N) is 5. The van der Waals surface area contributed by atoms with E-state index in [0.29, 0.717) is 13.1 Å². The summed E-state index contributed by atoms with van der Waals surface area (Å²) in [4.78, 5) is 26.5. The summed E-state index contributed by atoms with van der Waals surface area (Å²) in [7, 11) is 2.01. The molecule has 1 amide bonds. The molecule has 0 atom stereocenters. The smallest absolute Gasteiger partial charge is 0.358 e. The fraction of sp³-hybridized carbons (Fsp3) is 0.600. The molecule has 0 bridgehead atoms. The maximum absolute atomic E-state index is 11.9. The van der Waals surface area contributed by atoms with Gasteiger partial charge in [-0.25, -0.2) is 9.48 Å². The van der Waals surface area contributed by atoms with Gasteiger partial charge in [-0.15, -0.1) is 5.10 Å². The van der Waals surface area contributed by atoms with Crippen LogP contribution >= 0.6 is 0 Å². The van der Waals surface area contributed by atoms with Gasteiger partial charge in [0, 0.05) is 26.2 Å². The van der Waals surface area contributed by atoms with E-state index in [2.05, 4.69) is 15.2 Å². The highest BCUT2D eigenvalue weighted by Gasteiger charge is 2.20. The molecule has 0 aromatic carbocycles. The van der Waals surface area contributed by atoms with E-state index < -0.39 is 5.97 Å². The van der Waals surface area contributed by atoms with Crippen LogP contribution in [0.15, 0.2) is 6.20 Å². The summed E-state index contributed by atoms with van der Waals surface area (Å²) < 4.78 is 1.25. The second-order valence-corrected chi connectivity index (χ2v) is 4.29. The number of carboxylic acid groups (broad SMARTS) is 1. The van der Waals surface area contributed by atoms with Crippen LogP contribution in [0.3, 0.4) is 0 Å². The molecule has 2 heterocycles. The standard InChI is InChI=1S/C10H15N5O3/c1-13-2-4-14(5-3-13)9(16)7-15-6-8(10(17)18)11-12-15/h6H,2-5,7H2,1H3,(H,17,18).